The summed E-state index contributed by atoms with van der Waals surface area (Å²) in [6.07, 6.45) is 5.95. The van der Waals surface area contributed by atoms with Crippen LogP contribution in [0, 0.1) is 6.92 Å². The van der Waals surface area contributed by atoms with Crippen molar-refractivity contribution < 1.29 is 9.59 Å². The van der Waals surface area contributed by atoms with Crippen molar-refractivity contribution in [1.82, 2.24) is 14.5 Å². The third-order valence-electron chi connectivity index (χ3n) is 6.46. The van der Waals surface area contributed by atoms with Crippen molar-refractivity contribution in [1.29, 1.82) is 0 Å². The maximum Gasteiger partial charge on any atom is 0.256 e. The molecule has 0 radical (unpaired) electrons. The summed E-state index contributed by atoms with van der Waals surface area (Å²) in [6, 6.07) is 13.0. The van der Waals surface area contributed by atoms with Crippen molar-refractivity contribution in [3.8, 4) is 0 Å². The van der Waals surface area contributed by atoms with Gasteiger partial charge < -0.3 is 14.8 Å². The number of para-hydroxylation sites is 1. The summed E-state index contributed by atoms with van der Waals surface area (Å²) < 4.78 is 1.94. The highest BCUT2D eigenvalue weighted by Gasteiger charge is 2.59. The molecule has 1 fully saturated rings. The number of aryl methyl sites for hydroxylation is 1. The number of amides is 2. The average molecular weight is 386 g/mol. The van der Waals surface area contributed by atoms with E-state index in [4.69, 9.17) is 0 Å². The lowest BCUT2D eigenvalue weighted by atomic mass is 9.73. The molecule has 4 heterocycles. The van der Waals surface area contributed by atoms with E-state index in [1.54, 1.807) is 12.4 Å². The first-order chi connectivity index (χ1) is 14.0. The molecule has 5 rings (SSSR count). The molecule has 0 aliphatic carbocycles. The fourth-order valence-corrected chi connectivity index (χ4v) is 4.90. The number of likely N-dealkylation sites (tertiary alicyclic amines) is 1. The van der Waals surface area contributed by atoms with Crippen molar-refractivity contribution in [2.24, 2.45) is 7.05 Å². The fourth-order valence-electron chi connectivity index (χ4n) is 4.90. The van der Waals surface area contributed by atoms with Gasteiger partial charge in [0.1, 0.15) is 5.41 Å². The molecule has 29 heavy (non-hydrogen) atoms. The molecule has 146 valence electrons. The number of nitrogens with one attached hydrogen (secondary N) is 1. The number of hydrogen-bond donors (Lipinski definition) is 1. The molecule has 2 unspecified atom stereocenters. The first-order valence-electron chi connectivity index (χ1n) is 9.78. The highest BCUT2D eigenvalue weighted by molar-refractivity contribution is 6.08. The van der Waals surface area contributed by atoms with E-state index in [0.717, 1.165) is 22.5 Å². The van der Waals surface area contributed by atoms with Gasteiger partial charge in [-0.1, -0.05) is 24.3 Å². The normalized spacial score (nSPS) is 22.8. The highest BCUT2D eigenvalue weighted by Crippen LogP contribution is 2.54. The van der Waals surface area contributed by atoms with Crippen molar-refractivity contribution in [2.75, 3.05) is 11.9 Å². The lowest BCUT2D eigenvalue weighted by Crippen LogP contribution is -2.42. The molecule has 3 aromatic rings. The van der Waals surface area contributed by atoms with E-state index in [9.17, 15) is 9.59 Å². The maximum absolute atomic E-state index is 13.6. The molecule has 6 nitrogen and oxygen atoms in total. The summed E-state index contributed by atoms with van der Waals surface area (Å²) in [5.74, 6) is -0.0985. The van der Waals surface area contributed by atoms with Crippen LogP contribution in [-0.4, -0.2) is 32.8 Å². The van der Waals surface area contributed by atoms with Gasteiger partial charge >= 0.3 is 0 Å². The number of fused-ring (bicyclic) bond motifs is 2. The minimum atomic E-state index is -0.808. The quantitative estimate of drug-likeness (QED) is 0.735. The van der Waals surface area contributed by atoms with Crippen molar-refractivity contribution in [2.45, 2.75) is 24.8 Å². The van der Waals surface area contributed by atoms with Gasteiger partial charge in [0.05, 0.1) is 11.6 Å². The number of hydrogen-bond acceptors (Lipinski definition) is 3. The Morgan fingerprint density at radius 3 is 2.76 bits per heavy atom. The van der Waals surface area contributed by atoms with Crippen molar-refractivity contribution in [3.63, 3.8) is 0 Å². The van der Waals surface area contributed by atoms with Gasteiger partial charge in [0.2, 0.25) is 5.91 Å². The summed E-state index contributed by atoms with van der Waals surface area (Å²) >= 11 is 0. The van der Waals surface area contributed by atoms with Gasteiger partial charge in [-0.3, -0.25) is 14.6 Å². The maximum atomic E-state index is 13.6. The molecular weight excluding hydrogens is 364 g/mol. The van der Waals surface area contributed by atoms with E-state index in [1.165, 1.54) is 0 Å². The van der Waals surface area contributed by atoms with Crippen LogP contribution in [0.25, 0.3) is 0 Å². The minimum Gasteiger partial charge on any atom is -0.354 e. The highest BCUT2D eigenvalue weighted by atomic mass is 16.2. The van der Waals surface area contributed by atoms with Crippen LogP contribution in [0.15, 0.2) is 61.1 Å². The molecule has 6 heteroatoms. The summed E-state index contributed by atoms with van der Waals surface area (Å²) in [6.45, 7) is 2.45. The van der Waals surface area contributed by atoms with Gasteiger partial charge in [-0.2, -0.15) is 0 Å². The molecule has 0 saturated carbocycles. The van der Waals surface area contributed by atoms with Gasteiger partial charge in [-0.15, -0.1) is 0 Å². The first kappa shape index (κ1) is 17.7. The lowest BCUT2D eigenvalue weighted by molar-refractivity contribution is -0.121. The topological polar surface area (TPSA) is 67.2 Å². The number of aromatic nitrogens is 2. The number of carbonyl (C=O) groups excluding carboxylic acids is 2. The Hall–Kier alpha value is -3.41. The van der Waals surface area contributed by atoms with Gasteiger partial charge in [0, 0.05) is 43.6 Å². The monoisotopic (exact) mass is 386 g/mol. The van der Waals surface area contributed by atoms with Crippen LogP contribution in [0.2, 0.25) is 0 Å². The zero-order valence-corrected chi connectivity index (χ0v) is 16.4. The largest absolute Gasteiger partial charge is 0.354 e. The summed E-state index contributed by atoms with van der Waals surface area (Å²) in [7, 11) is 1.93. The molecule has 2 aliphatic heterocycles. The van der Waals surface area contributed by atoms with Crippen molar-refractivity contribution in [3.05, 3.63) is 83.4 Å². The fraction of sp³-hybridized carbons (Fsp3) is 0.261. The summed E-state index contributed by atoms with van der Waals surface area (Å²) in [5.41, 5.74) is 3.44. The predicted octanol–water partition coefficient (Wildman–Crippen LogP) is 3.21. The standard InChI is InChI=1S/C23H22N4O2/c1-15-17(9-12-26(15)2)21(28)27-13-10-23(20(27)16-6-5-11-24-14-16)18-7-3-4-8-19(18)25-22(23)29/h3-9,11-12,14,20H,10,13H2,1-2H3,(H,25,29). The smallest absolute Gasteiger partial charge is 0.256 e. The number of nitrogens with zero attached hydrogens (tertiary/aromatic N) is 3. The average Bonchev–Trinajstić information content (AvgIpc) is 3.38. The molecule has 1 aromatic carbocycles. The van der Waals surface area contributed by atoms with E-state index < -0.39 is 11.5 Å². The third kappa shape index (κ3) is 2.38. The molecule has 2 aliphatic rings. The molecule has 2 aromatic heterocycles. The second kappa shape index (κ2) is 6.30. The molecule has 1 saturated heterocycles. The van der Waals surface area contributed by atoms with E-state index in [-0.39, 0.29) is 11.8 Å². The van der Waals surface area contributed by atoms with Crippen LogP contribution in [0.4, 0.5) is 5.69 Å². The number of carbonyl (C=O) groups is 2. The molecule has 2 atom stereocenters. The molecule has 1 spiro atoms. The second-order valence-corrected chi connectivity index (χ2v) is 7.83. The number of rotatable bonds is 2. The minimum absolute atomic E-state index is 0.0485. The molecule has 2 amide bonds. The van der Waals surface area contributed by atoms with Crippen LogP contribution < -0.4 is 5.32 Å². The summed E-state index contributed by atoms with van der Waals surface area (Å²) in [4.78, 5) is 33.1. The SMILES string of the molecule is Cc1c(C(=O)N2CCC3(C(=O)Nc4ccccc43)C2c2cccnc2)ccn1C. The van der Waals surface area contributed by atoms with Gasteiger partial charge in [0.25, 0.3) is 5.91 Å². The van der Waals surface area contributed by atoms with Crippen LogP contribution in [0.5, 0.6) is 0 Å². The number of pyridine rings is 1. The molecule has 1 N–H and O–H groups in total. The van der Waals surface area contributed by atoms with Crippen molar-refractivity contribution >= 4 is 17.5 Å². The van der Waals surface area contributed by atoms with Crippen LogP contribution >= 0.6 is 0 Å². The second-order valence-electron chi connectivity index (χ2n) is 7.83. The molecular formula is C23H22N4O2. The predicted molar refractivity (Wildman–Crippen MR) is 110 cm³/mol. The Labute approximate surface area is 169 Å². The summed E-state index contributed by atoms with van der Waals surface area (Å²) in [5, 5.41) is 3.04. The first-order valence-corrected chi connectivity index (χ1v) is 9.78. The number of anilines is 1. The van der Waals surface area contributed by atoms with Gasteiger partial charge in [-0.25, -0.2) is 0 Å². The Bertz CT molecular complexity index is 1120. The van der Waals surface area contributed by atoms with Crippen LogP contribution in [-0.2, 0) is 17.3 Å². The Morgan fingerprint density at radius 1 is 1.21 bits per heavy atom. The third-order valence-corrected chi connectivity index (χ3v) is 6.46. The van der Waals surface area contributed by atoms with E-state index >= 15 is 0 Å². The van der Waals surface area contributed by atoms with Gasteiger partial charge in [0.15, 0.2) is 0 Å². The Morgan fingerprint density at radius 2 is 2.03 bits per heavy atom. The zero-order chi connectivity index (χ0) is 20.2. The van der Waals surface area contributed by atoms with E-state index in [2.05, 4.69) is 10.3 Å². The lowest BCUT2D eigenvalue weighted by Gasteiger charge is -2.34. The number of benzene rings is 1. The van der Waals surface area contributed by atoms with E-state index in [1.807, 2.05) is 72.1 Å². The van der Waals surface area contributed by atoms with Crippen LogP contribution in [0.3, 0.4) is 0 Å². The Kier molecular flexibility index (Phi) is 3.84. The zero-order valence-electron chi connectivity index (χ0n) is 16.4. The van der Waals surface area contributed by atoms with E-state index in [0.29, 0.717) is 18.5 Å². The van der Waals surface area contributed by atoms with Gasteiger partial charge in [-0.05, 0) is 42.7 Å². The molecule has 0 bridgehead atoms. The van der Waals surface area contributed by atoms with Crippen LogP contribution in [0.1, 0.15) is 39.6 Å². The Balaban J connectivity index is 1.68.